The predicted molar refractivity (Wildman–Crippen MR) is 66.2 cm³/mol. The highest BCUT2D eigenvalue weighted by Gasteiger charge is 2.12. The third kappa shape index (κ3) is 2.12. The van der Waals surface area contributed by atoms with Gasteiger partial charge >= 0.3 is 0 Å². The second kappa shape index (κ2) is 4.45. The first-order chi connectivity index (χ1) is 7.68. The molecule has 2 heteroatoms. The van der Waals surface area contributed by atoms with Crippen LogP contribution < -0.4 is 5.73 Å². The summed E-state index contributed by atoms with van der Waals surface area (Å²) in [5.41, 5.74) is 10.6. The Hall–Kier alpha value is -1.67. The Labute approximate surface area is 96.1 Å². The van der Waals surface area contributed by atoms with Gasteiger partial charge in [-0.05, 0) is 31.0 Å². The van der Waals surface area contributed by atoms with Gasteiger partial charge in [0.1, 0.15) is 0 Å². The van der Waals surface area contributed by atoms with Crippen LogP contribution >= 0.6 is 0 Å². The molecule has 16 heavy (non-hydrogen) atoms. The van der Waals surface area contributed by atoms with Crippen LogP contribution in [0.15, 0.2) is 42.6 Å². The second-order valence-corrected chi connectivity index (χ2v) is 4.10. The molecule has 0 saturated heterocycles. The van der Waals surface area contributed by atoms with E-state index in [1.54, 1.807) is 6.20 Å². The number of rotatable bonds is 2. The normalized spacial score (nSPS) is 12.4. The number of benzene rings is 1. The van der Waals surface area contributed by atoms with Crippen molar-refractivity contribution in [3.63, 3.8) is 0 Å². The van der Waals surface area contributed by atoms with Gasteiger partial charge in [0.05, 0.1) is 11.7 Å². The van der Waals surface area contributed by atoms with Gasteiger partial charge < -0.3 is 5.73 Å². The van der Waals surface area contributed by atoms with Crippen molar-refractivity contribution in [2.75, 3.05) is 0 Å². The molecule has 0 aliphatic rings. The van der Waals surface area contributed by atoms with Gasteiger partial charge in [-0.3, -0.25) is 4.98 Å². The molecule has 2 nitrogen and oxygen atoms in total. The summed E-state index contributed by atoms with van der Waals surface area (Å²) in [6.45, 7) is 4.11. The van der Waals surface area contributed by atoms with E-state index in [4.69, 9.17) is 5.73 Å². The number of hydrogen-bond donors (Lipinski definition) is 1. The molecule has 2 N–H and O–H groups in total. The molecule has 2 rings (SSSR count). The summed E-state index contributed by atoms with van der Waals surface area (Å²) in [5.74, 6) is 0. The second-order valence-electron chi connectivity index (χ2n) is 4.10. The Morgan fingerprint density at radius 3 is 2.62 bits per heavy atom. The summed E-state index contributed by atoms with van der Waals surface area (Å²) < 4.78 is 0. The average molecular weight is 212 g/mol. The Morgan fingerprint density at radius 1 is 1.12 bits per heavy atom. The van der Waals surface area contributed by atoms with Crippen molar-refractivity contribution in [1.29, 1.82) is 0 Å². The summed E-state index contributed by atoms with van der Waals surface area (Å²) in [7, 11) is 0. The fourth-order valence-corrected chi connectivity index (χ4v) is 1.84. The number of nitrogens with zero attached hydrogens (tertiary/aromatic N) is 1. The Balaban J connectivity index is 2.39. The average Bonchev–Trinajstić information content (AvgIpc) is 2.29. The Morgan fingerprint density at radius 2 is 1.94 bits per heavy atom. The molecule has 0 saturated carbocycles. The SMILES string of the molecule is Cc1cccc(C(N)c2ncccc2C)c1. The van der Waals surface area contributed by atoms with E-state index in [9.17, 15) is 0 Å². The quantitative estimate of drug-likeness (QED) is 0.831. The minimum absolute atomic E-state index is 0.138. The number of hydrogen-bond acceptors (Lipinski definition) is 2. The van der Waals surface area contributed by atoms with Gasteiger partial charge in [-0.15, -0.1) is 0 Å². The molecule has 0 aliphatic heterocycles. The Bertz CT molecular complexity index is 492. The zero-order chi connectivity index (χ0) is 11.5. The van der Waals surface area contributed by atoms with Gasteiger partial charge in [-0.2, -0.15) is 0 Å². The molecule has 0 spiro atoms. The van der Waals surface area contributed by atoms with Crippen LogP contribution in [-0.2, 0) is 0 Å². The van der Waals surface area contributed by atoms with Crippen molar-refractivity contribution >= 4 is 0 Å². The maximum atomic E-state index is 6.22. The fraction of sp³-hybridized carbons (Fsp3) is 0.214. The highest BCUT2D eigenvalue weighted by molar-refractivity contribution is 5.33. The highest BCUT2D eigenvalue weighted by atomic mass is 14.8. The number of pyridine rings is 1. The van der Waals surface area contributed by atoms with Crippen LogP contribution in [0.4, 0.5) is 0 Å². The van der Waals surface area contributed by atoms with Crippen molar-refractivity contribution in [2.24, 2.45) is 5.73 Å². The molecule has 0 fully saturated rings. The van der Waals surface area contributed by atoms with Crippen LogP contribution in [0.1, 0.15) is 28.4 Å². The van der Waals surface area contributed by atoms with E-state index in [-0.39, 0.29) is 6.04 Å². The maximum absolute atomic E-state index is 6.22. The van der Waals surface area contributed by atoms with Crippen LogP contribution in [0.25, 0.3) is 0 Å². The predicted octanol–water partition coefficient (Wildman–Crippen LogP) is 2.75. The van der Waals surface area contributed by atoms with E-state index in [0.717, 1.165) is 16.8 Å². The summed E-state index contributed by atoms with van der Waals surface area (Å²) in [6.07, 6.45) is 1.79. The van der Waals surface area contributed by atoms with Crippen LogP contribution in [0.3, 0.4) is 0 Å². The van der Waals surface area contributed by atoms with E-state index < -0.39 is 0 Å². The number of aromatic nitrogens is 1. The van der Waals surface area contributed by atoms with E-state index in [1.165, 1.54) is 5.56 Å². The molecule has 0 amide bonds. The molecule has 1 unspecified atom stereocenters. The number of nitrogens with two attached hydrogens (primary N) is 1. The molecule has 0 aliphatic carbocycles. The summed E-state index contributed by atoms with van der Waals surface area (Å²) in [4.78, 5) is 4.36. The lowest BCUT2D eigenvalue weighted by molar-refractivity contribution is 0.816. The van der Waals surface area contributed by atoms with Crippen LogP contribution in [-0.4, -0.2) is 4.98 Å². The van der Waals surface area contributed by atoms with Crippen molar-refractivity contribution < 1.29 is 0 Å². The van der Waals surface area contributed by atoms with Crippen LogP contribution in [0.5, 0.6) is 0 Å². The molecule has 0 bridgehead atoms. The Kier molecular flexibility index (Phi) is 3.02. The summed E-state index contributed by atoms with van der Waals surface area (Å²) in [6, 6.07) is 12.1. The third-order valence-electron chi connectivity index (χ3n) is 2.75. The largest absolute Gasteiger partial charge is 0.319 e. The highest BCUT2D eigenvalue weighted by Crippen LogP contribution is 2.20. The standard InChI is InChI=1S/C14H16N2/c1-10-5-3-7-12(9-10)13(15)14-11(2)6-4-8-16-14/h3-9,13H,15H2,1-2H3. The van der Waals surface area contributed by atoms with Gasteiger partial charge in [0.2, 0.25) is 0 Å². The zero-order valence-electron chi connectivity index (χ0n) is 9.64. The van der Waals surface area contributed by atoms with Crippen molar-refractivity contribution in [1.82, 2.24) is 4.98 Å². The van der Waals surface area contributed by atoms with Gasteiger partial charge in [-0.1, -0.05) is 35.9 Å². The first-order valence-electron chi connectivity index (χ1n) is 5.42. The van der Waals surface area contributed by atoms with Crippen molar-refractivity contribution in [3.8, 4) is 0 Å². The molecule has 1 atom stereocenters. The smallest absolute Gasteiger partial charge is 0.0729 e. The van der Waals surface area contributed by atoms with Crippen LogP contribution in [0, 0.1) is 13.8 Å². The summed E-state index contributed by atoms with van der Waals surface area (Å²) in [5, 5.41) is 0. The van der Waals surface area contributed by atoms with Gasteiger partial charge in [0.15, 0.2) is 0 Å². The molecule has 0 radical (unpaired) electrons. The molecular weight excluding hydrogens is 196 g/mol. The molecular formula is C14H16N2. The topological polar surface area (TPSA) is 38.9 Å². The molecule has 1 aromatic heterocycles. The molecule has 2 aromatic rings. The fourth-order valence-electron chi connectivity index (χ4n) is 1.84. The molecule has 1 aromatic carbocycles. The minimum atomic E-state index is -0.138. The van der Waals surface area contributed by atoms with Crippen molar-refractivity contribution in [3.05, 3.63) is 65.0 Å². The first-order valence-corrected chi connectivity index (χ1v) is 5.42. The minimum Gasteiger partial charge on any atom is -0.319 e. The van der Waals surface area contributed by atoms with E-state index >= 15 is 0 Å². The summed E-state index contributed by atoms with van der Waals surface area (Å²) >= 11 is 0. The van der Waals surface area contributed by atoms with Crippen molar-refractivity contribution in [2.45, 2.75) is 19.9 Å². The lowest BCUT2D eigenvalue weighted by atomic mass is 9.99. The van der Waals surface area contributed by atoms with Gasteiger partial charge in [0.25, 0.3) is 0 Å². The lowest BCUT2D eigenvalue weighted by Gasteiger charge is -2.14. The molecule has 82 valence electrons. The first kappa shape index (κ1) is 10.8. The number of aryl methyl sites for hydroxylation is 2. The van der Waals surface area contributed by atoms with Gasteiger partial charge in [0, 0.05) is 6.20 Å². The lowest BCUT2D eigenvalue weighted by Crippen LogP contribution is -2.14. The molecule has 1 heterocycles. The van der Waals surface area contributed by atoms with E-state index in [0.29, 0.717) is 0 Å². The van der Waals surface area contributed by atoms with Crippen LogP contribution in [0.2, 0.25) is 0 Å². The van der Waals surface area contributed by atoms with E-state index in [2.05, 4.69) is 24.0 Å². The van der Waals surface area contributed by atoms with Gasteiger partial charge in [-0.25, -0.2) is 0 Å². The third-order valence-corrected chi connectivity index (χ3v) is 2.75. The maximum Gasteiger partial charge on any atom is 0.0729 e. The van der Waals surface area contributed by atoms with E-state index in [1.807, 2.05) is 31.2 Å². The zero-order valence-corrected chi connectivity index (χ0v) is 9.64. The monoisotopic (exact) mass is 212 g/mol.